The van der Waals surface area contributed by atoms with E-state index in [-0.39, 0.29) is 16.6 Å². The molecule has 0 spiro atoms. The SMILES string of the molecule is CCN(CC)S(=O)(=O)c1ccc2[nH]c3nc(SCC(=O)N4CCCCCC4)nnc3c2c1. The molecule has 2 aromatic heterocycles. The molecule has 0 saturated carbocycles. The van der Waals surface area contributed by atoms with Gasteiger partial charge in [0.15, 0.2) is 5.65 Å². The number of H-pyrrole nitrogens is 1. The lowest BCUT2D eigenvalue weighted by Crippen LogP contribution is -2.33. The molecule has 9 nitrogen and oxygen atoms in total. The predicted molar refractivity (Wildman–Crippen MR) is 125 cm³/mol. The van der Waals surface area contributed by atoms with Gasteiger partial charge in [-0.25, -0.2) is 13.4 Å². The summed E-state index contributed by atoms with van der Waals surface area (Å²) in [6, 6.07) is 4.94. The van der Waals surface area contributed by atoms with Gasteiger partial charge in [-0.2, -0.15) is 4.31 Å². The first-order valence-corrected chi connectivity index (χ1v) is 13.4. The molecule has 1 aliphatic rings. The predicted octanol–water partition coefficient (Wildman–Crippen LogP) is 3.03. The first kappa shape index (κ1) is 22.9. The van der Waals surface area contributed by atoms with Crippen LogP contribution in [0.4, 0.5) is 0 Å². The molecule has 0 aliphatic carbocycles. The number of aromatic amines is 1. The second kappa shape index (κ2) is 9.72. The molecule has 1 aromatic carbocycles. The highest BCUT2D eigenvalue weighted by atomic mass is 32.2. The van der Waals surface area contributed by atoms with E-state index in [2.05, 4.69) is 20.2 Å². The van der Waals surface area contributed by atoms with Crippen molar-refractivity contribution < 1.29 is 13.2 Å². The summed E-state index contributed by atoms with van der Waals surface area (Å²) in [6.45, 7) is 6.08. The normalized spacial score (nSPS) is 15.5. The Morgan fingerprint density at radius 1 is 1.12 bits per heavy atom. The van der Waals surface area contributed by atoms with E-state index in [1.54, 1.807) is 18.2 Å². The van der Waals surface area contributed by atoms with Gasteiger partial charge in [0.05, 0.1) is 10.6 Å². The van der Waals surface area contributed by atoms with Crippen molar-refractivity contribution in [2.24, 2.45) is 0 Å². The number of carbonyl (C=O) groups excluding carboxylic acids is 1. The van der Waals surface area contributed by atoms with Gasteiger partial charge in [0, 0.05) is 37.1 Å². The van der Waals surface area contributed by atoms with Crippen LogP contribution in [0.1, 0.15) is 39.5 Å². The molecule has 32 heavy (non-hydrogen) atoms. The fourth-order valence-corrected chi connectivity index (χ4v) is 6.18. The molecule has 1 fully saturated rings. The smallest absolute Gasteiger partial charge is 0.243 e. The number of amides is 1. The summed E-state index contributed by atoms with van der Waals surface area (Å²) in [5, 5.41) is 9.54. The number of nitrogens with zero attached hydrogens (tertiary/aromatic N) is 5. The van der Waals surface area contributed by atoms with E-state index in [0.717, 1.165) is 31.4 Å². The number of sulfonamides is 1. The van der Waals surface area contributed by atoms with E-state index in [0.29, 0.717) is 34.8 Å². The lowest BCUT2D eigenvalue weighted by molar-refractivity contribution is -0.128. The van der Waals surface area contributed by atoms with Crippen molar-refractivity contribution in [1.82, 2.24) is 29.4 Å². The van der Waals surface area contributed by atoms with E-state index in [1.807, 2.05) is 18.7 Å². The molecule has 0 bridgehead atoms. The Bertz CT molecular complexity index is 1210. The van der Waals surface area contributed by atoms with Gasteiger partial charge in [-0.3, -0.25) is 4.79 Å². The summed E-state index contributed by atoms with van der Waals surface area (Å²) in [7, 11) is -3.57. The molecule has 3 aromatic rings. The van der Waals surface area contributed by atoms with Crippen LogP contribution in [0.2, 0.25) is 0 Å². The Kier molecular flexibility index (Phi) is 6.96. The number of thioether (sulfide) groups is 1. The molecule has 1 amide bonds. The summed E-state index contributed by atoms with van der Waals surface area (Å²) in [4.78, 5) is 22.4. The van der Waals surface area contributed by atoms with Gasteiger partial charge in [-0.1, -0.05) is 38.5 Å². The largest absolute Gasteiger partial charge is 0.342 e. The van der Waals surface area contributed by atoms with E-state index in [1.165, 1.54) is 28.9 Å². The molecule has 1 N–H and O–H groups in total. The maximum absolute atomic E-state index is 12.9. The minimum Gasteiger partial charge on any atom is -0.342 e. The number of hydrogen-bond donors (Lipinski definition) is 1. The monoisotopic (exact) mass is 476 g/mol. The fraction of sp³-hybridized carbons (Fsp3) is 0.524. The van der Waals surface area contributed by atoms with Crippen molar-refractivity contribution in [2.45, 2.75) is 49.6 Å². The molecule has 0 atom stereocenters. The van der Waals surface area contributed by atoms with E-state index < -0.39 is 10.0 Å². The molecule has 1 saturated heterocycles. The third-order valence-electron chi connectivity index (χ3n) is 5.79. The van der Waals surface area contributed by atoms with Gasteiger partial charge < -0.3 is 9.88 Å². The average molecular weight is 477 g/mol. The first-order valence-electron chi connectivity index (χ1n) is 11.0. The maximum Gasteiger partial charge on any atom is 0.243 e. The topological polar surface area (TPSA) is 112 Å². The Labute approximate surface area is 192 Å². The Morgan fingerprint density at radius 2 is 1.84 bits per heavy atom. The van der Waals surface area contributed by atoms with Gasteiger partial charge in [0.1, 0.15) is 5.52 Å². The molecule has 0 radical (unpaired) electrons. The average Bonchev–Trinajstić information content (AvgIpc) is 2.95. The molecule has 4 rings (SSSR count). The molecular weight excluding hydrogens is 448 g/mol. The summed E-state index contributed by atoms with van der Waals surface area (Å²) in [6.07, 6.45) is 4.47. The van der Waals surface area contributed by atoms with Crippen LogP contribution < -0.4 is 0 Å². The standard InChI is InChI=1S/C21H28N6O3S2/c1-3-27(4-2)32(29,30)15-9-10-17-16(13-15)19-20(22-17)23-21(25-24-19)31-14-18(28)26-11-7-5-6-8-12-26/h9-10,13H,3-8,11-12,14H2,1-2H3,(H,22,23,25). The van der Waals surface area contributed by atoms with E-state index in [9.17, 15) is 13.2 Å². The zero-order chi connectivity index (χ0) is 22.7. The second-order valence-corrected chi connectivity index (χ2v) is 10.7. The highest BCUT2D eigenvalue weighted by molar-refractivity contribution is 7.99. The van der Waals surface area contributed by atoms with Gasteiger partial charge >= 0.3 is 0 Å². The zero-order valence-corrected chi connectivity index (χ0v) is 20.0. The number of nitrogens with one attached hydrogen (secondary N) is 1. The van der Waals surface area contributed by atoms with Crippen molar-refractivity contribution in [3.8, 4) is 0 Å². The lowest BCUT2D eigenvalue weighted by Gasteiger charge is -2.19. The molecule has 3 heterocycles. The fourth-order valence-electron chi connectivity index (χ4n) is 4.01. The Hall–Kier alpha value is -2.24. The number of benzene rings is 1. The van der Waals surface area contributed by atoms with Gasteiger partial charge in [0.2, 0.25) is 21.1 Å². The van der Waals surface area contributed by atoms with Crippen molar-refractivity contribution in [1.29, 1.82) is 0 Å². The summed E-state index contributed by atoms with van der Waals surface area (Å²) >= 11 is 1.27. The minimum atomic E-state index is -3.57. The van der Waals surface area contributed by atoms with Crippen LogP contribution >= 0.6 is 11.8 Å². The maximum atomic E-state index is 12.9. The molecule has 0 unspecified atom stereocenters. The summed E-state index contributed by atoms with van der Waals surface area (Å²) in [5.41, 5.74) is 1.78. The number of hydrogen-bond acceptors (Lipinski definition) is 7. The van der Waals surface area contributed by atoms with Crippen LogP contribution in [0, 0.1) is 0 Å². The third kappa shape index (κ3) is 4.60. The van der Waals surface area contributed by atoms with Crippen molar-refractivity contribution in [3.63, 3.8) is 0 Å². The number of carbonyl (C=O) groups is 1. The van der Waals surface area contributed by atoms with E-state index in [4.69, 9.17) is 0 Å². The Morgan fingerprint density at radius 3 is 2.53 bits per heavy atom. The number of likely N-dealkylation sites (tertiary alicyclic amines) is 1. The molecule has 1 aliphatic heterocycles. The van der Waals surface area contributed by atoms with Gasteiger partial charge in [-0.15, -0.1) is 10.2 Å². The minimum absolute atomic E-state index is 0.100. The summed E-state index contributed by atoms with van der Waals surface area (Å²) in [5.74, 6) is 0.378. The number of fused-ring (bicyclic) bond motifs is 3. The van der Waals surface area contributed by atoms with Crippen LogP contribution in [0.25, 0.3) is 22.1 Å². The highest BCUT2D eigenvalue weighted by Crippen LogP contribution is 2.27. The quantitative estimate of drug-likeness (QED) is 0.522. The van der Waals surface area contributed by atoms with Crippen LogP contribution in [-0.4, -0.2) is 75.6 Å². The highest BCUT2D eigenvalue weighted by Gasteiger charge is 2.23. The zero-order valence-electron chi connectivity index (χ0n) is 18.4. The van der Waals surface area contributed by atoms with E-state index >= 15 is 0 Å². The number of aromatic nitrogens is 4. The molecule has 11 heteroatoms. The van der Waals surface area contributed by atoms with Crippen LogP contribution in [0.15, 0.2) is 28.3 Å². The second-order valence-electron chi connectivity index (χ2n) is 7.80. The van der Waals surface area contributed by atoms with Crippen molar-refractivity contribution in [3.05, 3.63) is 18.2 Å². The number of rotatable bonds is 7. The first-order chi connectivity index (χ1) is 15.4. The van der Waals surface area contributed by atoms with Crippen LogP contribution in [-0.2, 0) is 14.8 Å². The molecular formula is C21H28N6O3S2. The lowest BCUT2D eigenvalue weighted by atomic mass is 10.2. The Balaban J connectivity index is 1.56. The van der Waals surface area contributed by atoms with Gasteiger partial charge in [-0.05, 0) is 31.0 Å². The van der Waals surface area contributed by atoms with Crippen LogP contribution in [0.5, 0.6) is 0 Å². The summed E-state index contributed by atoms with van der Waals surface area (Å²) < 4.78 is 27.2. The third-order valence-corrected chi connectivity index (χ3v) is 8.66. The van der Waals surface area contributed by atoms with Crippen molar-refractivity contribution in [2.75, 3.05) is 31.9 Å². The van der Waals surface area contributed by atoms with Gasteiger partial charge in [0.25, 0.3) is 0 Å². The molecule has 172 valence electrons. The van der Waals surface area contributed by atoms with Crippen molar-refractivity contribution >= 4 is 49.8 Å². The van der Waals surface area contributed by atoms with Crippen LogP contribution in [0.3, 0.4) is 0 Å².